The molecule has 0 aliphatic heterocycles. The molecule has 3 aromatic rings. The predicted molar refractivity (Wildman–Crippen MR) is 113 cm³/mol. The van der Waals surface area contributed by atoms with Gasteiger partial charge in [-0.1, -0.05) is 11.8 Å². The number of H-pyrrole nitrogens is 1. The van der Waals surface area contributed by atoms with Crippen molar-refractivity contribution in [2.45, 2.75) is 17.7 Å². The Morgan fingerprint density at radius 3 is 2.48 bits per heavy atom. The molecule has 0 saturated heterocycles. The van der Waals surface area contributed by atoms with Crippen LogP contribution < -0.4 is 5.73 Å². The number of carbonyl (C=O) groups excluding carboxylic acids is 1. The number of benzene rings is 1. The lowest BCUT2D eigenvalue weighted by molar-refractivity contribution is 0.0994. The summed E-state index contributed by atoms with van der Waals surface area (Å²) < 4.78 is 28.3. The molecule has 31 heavy (non-hydrogen) atoms. The van der Waals surface area contributed by atoms with Crippen molar-refractivity contribution >= 4 is 15.9 Å². The van der Waals surface area contributed by atoms with Crippen molar-refractivity contribution in [2.24, 2.45) is 5.73 Å². The first-order valence-corrected chi connectivity index (χ1v) is 10.7. The fourth-order valence-corrected chi connectivity index (χ4v) is 4.91. The standard InChI is InChI=1S/C21H18N6O3S/c1-3-11-26(12-4-2)31(29,30)15-7-5-14(6-8-15)27-20-16(19(25-27)21(22)28)9-10-18-17(20)13-23-24-18/h1-2,5-8,13H,9-12H2,(H2,22,28)(H,23,24). The van der Waals surface area contributed by atoms with Crippen LogP contribution in [0, 0.1) is 24.7 Å². The number of aromatic amines is 1. The number of aryl methyl sites for hydroxylation is 1. The van der Waals surface area contributed by atoms with Gasteiger partial charge in [-0.05, 0) is 37.1 Å². The summed E-state index contributed by atoms with van der Waals surface area (Å²) in [5.41, 5.74) is 9.51. The van der Waals surface area contributed by atoms with E-state index in [9.17, 15) is 13.2 Å². The molecule has 0 atom stereocenters. The molecule has 2 heterocycles. The normalized spacial score (nSPS) is 12.6. The molecule has 2 aromatic heterocycles. The molecule has 1 aliphatic carbocycles. The fraction of sp³-hybridized carbons (Fsp3) is 0.190. The summed E-state index contributed by atoms with van der Waals surface area (Å²) in [6.07, 6.45) is 13.5. The topological polar surface area (TPSA) is 127 Å². The van der Waals surface area contributed by atoms with Crippen molar-refractivity contribution in [3.8, 4) is 41.6 Å². The predicted octanol–water partition coefficient (Wildman–Crippen LogP) is 0.717. The summed E-state index contributed by atoms with van der Waals surface area (Å²) >= 11 is 0. The summed E-state index contributed by atoms with van der Waals surface area (Å²) in [4.78, 5) is 12.0. The number of sulfonamides is 1. The number of fused-ring (bicyclic) bond motifs is 3. The summed E-state index contributed by atoms with van der Waals surface area (Å²) in [6.45, 7) is -0.266. The Bertz CT molecular complexity index is 1340. The first kappa shape index (κ1) is 20.4. The van der Waals surface area contributed by atoms with Gasteiger partial charge in [-0.25, -0.2) is 13.1 Å². The third kappa shape index (κ3) is 3.38. The largest absolute Gasteiger partial charge is 0.364 e. The number of terminal acetylenes is 2. The molecule has 1 aromatic carbocycles. The number of nitrogens with one attached hydrogen (secondary N) is 1. The first-order valence-electron chi connectivity index (χ1n) is 9.30. The highest BCUT2D eigenvalue weighted by molar-refractivity contribution is 7.89. The van der Waals surface area contributed by atoms with E-state index in [1.165, 1.54) is 12.1 Å². The first-order chi connectivity index (χ1) is 14.9. The molecule has 0 unspecified atom stereocenters. The van der Waals surface area contributed by atoms with Gasteiger partial charge in [0.15, 0.2) is 5.69 Å². The van der Waals surface area contributed by atoms with Gasteiger partial charge < -0.3 is 5.73 Å². The van der Waals surface area contributed by atoms with Crippen molar-refractivity contribution in [3.63, 3.8) is 0 Å². The van der Waals surface area contributed by atoms with Crippen LogP contribution in [0.4, 0.5) is 0 Å². The Labute approximate surface area is 179 Å². The second kappa shape index (κ2) is 7.76. The number of aromatic nitrogens is 4. The van der Waals surface area contributed by atoms with Crippen LogP contribution in [-0.2, 0) is 22.9 Å². The lowest BCUT2D eigenvalue weighted by atomic mass is 9.93. The van der Waals surface area contributed by atoms with E-state index < -0.39 is 15.9 Å². The number of amides is 1. The molecular formula is C21H18N6O3S. The maximum atomic E-state index is 12.9. The van der Waals surface area contributed by atoms with Gasteiger partial charge in [0.1, 0.15) is 0 Å². The number of nitrogens with zero attached hydrogens (tertiary/aromatic N) is 4. The van der Waals surface area contributed by atoms with Crippen LogP contribution in [0.5, 0.6) is 0 Å². The van der Waals surface area contributed by atoms with Crippen molar-refractivity contribution in [2.75, 3.05) is 13.1 Å². The number of hydrogen-bond acceptors (Lipinski definition) is 5. The third-order valence-electron chi connectivity index (χ3n) is 5.07. The van der Waals surface area contributed by atoms with E-state index in [1.54, 1.807) is 23.0 Å². The summed E-state index contributed by atoms with van der Waals surface area (Å²) in [7, 11) is -3.86. The molecule has 156 valence electrons. The molecule has 4 rings (SSSR count). The van der Waals surface area contributed by atoms with Crippen molar-refractivity contribution in [1.29, 1.82) is 0 Å². The molecule has 9 nitrogen and oxygen atoms in total. The molecule has 0 spiro atoms. The van der Waals surface area contributed by atoms with Gasteiger partial charge in [-0.15, -0.1) is 12.8 Å². The SMILES string of the molecule is C#CCN(CC#C)S(=O)(=O)c1ccc(-n2nc(C(N)=O)c3c2-c2cn[nH]c2CC3)cc1. The lowest BCUT2D eigenvalue weighted by Gasteiger charge is -2.18. The zero-order valence-corrected chi connectivity index (χ0v) is 17.2. The van der Waals surface area contributed by atoms with Gasteiger partial charge in [0.25, 0.3) is 5.91 Å². The molecule has 0 saturated carbocycles. The van der Waals surface area contributed by atoms with Gasteiger partial charge >= 0.3 is 0 Å². The molecule has 0 bridgehead atoms. The van der Waals surface area contributed by atoms with Gasteiger partial charge in [0, 0.05) is 16.8 Å². The summed E-state index contributed by atoms with van der Waals surface area (Å²) in [6, 6.07) is 6.09. The average Bonchev–Trinajstić information content (AvgIpc) is 3.38. The Morgan fingerprint density at radius 2 is 1.87 bits per heavy atom. The van der Waals surface area contributed by atoms with Crippen LogP contribution in [0.3, 0.4) is 0 Å². The van der Waals surface area contributed by atoms with E-state index in [1.807, 2.05) is 0 Å². The Kier molecular flexibility index (Phi) is 5.11. The quantitative estimate of drug-likeness (QED) is 0.553. The number of primary amides is 1. The summed E-state index contributed by atoms with van der Waals surface area (Å²) in [5, 5.41) is 11.5. The van der Waals surface area contributed by atoms with Crippen LogP contribution in [0.1, 0.15) is 21.7 Å². The zero-order valence-electron chi connectivity index (χ0n) is 16.4. The van der Waals surface area contributed by atoms with Gasteiger partial charge in [0.2, 0.25) is 10.0 Å². The van der Waals surface area contributed by atoms with Crippen molar-refractivity contribution < 1.29 is 13.2 Å². The minimum atomic E-state index is -3.86. The Balaban J connectivity index is 1.79. The van der Waals surface area contributed by atoms with E-state index >= 15 is 0 Å². The van der Waals surface area contributed by atoms with Crippen LogP contribution in [-0.4, -0.2) is 51.7 Å². The molecular weight excluding hydrogens is 416 g/mol. The fourth-order valence-electron chi connectivity index (χ4n) is 3.64. The number of hydrogen-bond donors (Lipinski definition) is 2. The van der Waals surface area contributed by atoms with Crippen LogP contribution in [0.15, 0.2) is 35.4 Å². The van der Waals surface area contributed by atoms with E-state index in [-0.39, 0.29) is 23.7 Å². The summed E-state index contributed by atoms with van der Waals surface area (Å²) in [5.74, 6) is 3.98. The second-order valence-electron chi connectivity index (χ2n) is 6.89. The molecule has 1 aliphatic rings. The molecule has 10 heteroatoms. The molecule has 1 amide bonds. The Hall–Kier alpha value is -3.86. The molecule has 0 fully saturated rings. The maximum Gasteiger partial charge on any atom is 0.269 e. The number of nitrogens with two attached hydrogens (primary N) is 1. The van der Waals surface area contributed by atoms with E-state index in [2.05, 4.69) is 27.1 Å². The minimum Gasteiger partial charge on any atom is -0.364 e. The van der Waals surface area contributed by atoms with Gasteiger partial charge in [-0.3, -0.25) is 9.89 Å². The van der Waals surface area contributed by atoms with Crippen LogP contribution in [0.2, 0.25) is 0 Å². The molecule has 3 N–H and O–H groups in total. The highest BCUT2D eigenvalue weighted by atomic mass is 32.2. The smallest absolute Gasteiger partial charge is 0.269 e. The van der Waals surface area contributed by atoms with Gasteiger partial charge in [-0.2, -0.15) is 14.5 Å². The molecule has 0 radical (unpaired) electrons. The lowest BCUT2D eigenvalue weighted by Crippen LogP contribution is -2.31. The number of carbonyl (C=O) groups is 1. The van der Waals surface area contributed by atoms with E-state index in [0.717, 1.165) is 21.1 Å². The van der Waals surface area contributed by atoms with Crippen LogP contribution in [0.25, 0.3) is 16.9 Å². The van der Waals surface area contributed by atoms with Gasteiger partial charge in [0.05, 0.1) is 35.6 Å². The highest BCUT2D eigenvalue weighted by Gasteiger charge is 2.29. The van der Waals surface area contributed by atoms with Crippen molar-refractivity contribution in [1.82, 2.24) is 24.3 Å². The van der Waals surface area contributed by atoms with E-state index in [0.29, 0.717) is 24.2 Å². The highest BCUT2D eigenvalue weighted by Crippen LogP contribution is 2.36. The Morgan fingerprint density at radius 1 is 1.19 bits per heavy atom. The number of rotatable bonds is 6. The minimum absolute atomic E-state index is 0.0434. The van der Waals surface area contributed by atoms with E-state index in [4.69, 9.17) is 18.6 Å². The maximum absolute atomic E-state index is 12.9. The monoisotopic (exact) mass is 434 g/mol. The average molecular weight is 434 g/mol. The zero-order chi connectivity index (χ0) is 22.2. The third-order valence-corrected chi connectivity index (χ3v) is 6.88. The van der Waals surface area contributed by atoms with Crippen LogP contribution >= 0.6 is 0 Å². The second-order valence-corrected chi connectivity index (χ2v) is 8.83. The van der Waals surface area contributed by atoms with Crippen molar-refractivity contribution in [3.05, 3.63) is 47.4 Å².